The number of piperidine rings is 1. The van der Waals surface area contributed by atoms with Gasteiger partial charge in [-0.25, -0.2) is 0 Å². The van der Waals surface area contributed by atoms with Crippen molar-refractivity contribution in [1.29, 1.82) is 0 Å². The van der Waals surface area contributed by atoms with Crippen molar-refractivity contribution in [1.82, 2.24) is 4.90 Å². The molecule has 1 amide bonds. The van der Waals surface area contributed by atoms with E-state index in [2.05, 4.69) is 0 Å². The van der Waals surface area contributed by atoms with Crippen LogP contribution in [0, 0.1) is 0 Å². The molecule has 0 radical (unpaired) electrons. The van der Waals surface area contributed by atoms with Crippen molar-refractivity contribution < 1.29 is 33.6 Å². The molecule has 8 nitrogen and oxygen atoms in total. The van der Waals surface area contributed by atoms with Crippen LogP contribution in [-0.2, 0) is 19.0 Å². The highest BCUT2D eigenvalue weighted by Crippen LogP contribution is 2.38. The van der Waals surface area contributed by atoms with Gasteiger partial charge in [-0.05, 0) is 43.0 Å². The second-order valence-corrected chi connectivity index (χ2v) is 7.59. The van der Waals surface area contributed by atoms with Crippen molar-refractivity contribution in [3.8, 4) is 11.5 Å². The Morgan fingerprint density at radius 1 is 1.10 bits per heavy atom. The predicted molar refractivity (Wildman–Crippen MR) is 107 cm³/mol. The summed E-state index contributed by atoms with van der Waals surface area (Å²) in [4.78, 5) is 14.9. The maximum absolute atomic E-state index is 13.1. The molecular weight excluding hydrogens is 390 g/mol. The standard InChI is InChI=1S/C22H29NO7/c24-8-9-26-10-11-27-21-14-17(16-4-5-18-19(12-16)29-15-28-18)13-20(30-21)22(25)23-6-2-1-3-7-23/h4-5,12-13,17,21,24H,1-3,6-11,14-15H2/t17-,21+/m0/s1. The van der Waals surface area contributed by atoms with Gasteiger partial charge in [0, 0.05) is 25.4 Å². The number of aliphatic hydroxyl groups excluding tert-OH is 1. The Morgan fingerprint density at radius 3 is 2.77 bits per heavy atom. The van der Waals surface area contributed by atoms with Gasteiger partial charge in [0.1, 0.15) is 0 Å². The van der Waals surface area contributed by atoms with E-state index in [0.717, 1.165) is 43.7 Å². The molecule has 164 valence electrons. The smallest absolute Gasteiger partial charge is 0.288 e. The SMILES string of the molecule is O=C(C1=C[C@H](c2ccc3c(c2)OCO3)C[C@H](OCCOCCO)O1)N1CCCCC1. The lowest BCUT2D eigenvalue weighted by Crippen LogP contribution is -2.39. The van der Waals surface area contributed by atoms with Gasteiger partial charge in [0.05, 0.1) is 26.4 Å². The number of hydrogen-bond donors (Lipinski definition) is 1. The zero-order valence-corrected chi connectivity index (χ0v) is 17.1. The number of fused-ring (bicyclic) bond motifs is 1. The molecule has 0 spiro atoms. The van der Waals surface area contributed by atoms with Crippen LogP contribution in [0.1, 0.15) is 37.2 Å². The van der Waals surface area contributed by atoms with Crippen molar-refractivity contribution in [2.45, 2.75) is 37.9 Å². The van der Waals surface area contributed by atoms with Gasteiger partial charge in [0.25, 0.3) is 5.91 Å². The van der Waals surface area contributed by atoms with Gasteiger partial charge in [-0.2, -0.15) is 0 Å². The van der Waals surface area contributed by atoms with E-state index < -0.39 is 6.29 Å². The third kappa shape index (κ3) is 5.06. The largest absolute Gasteiger partial charge is 0.459 e. The first-order valence-corrected chi connectivity index (χ1v) is 10.6. The zero-order chi connectivity index (χ0) is 20.8. The second kappa shape index (κ2) is 10.1. The fraction of sp³-hybridized carbons (Fsp3) is 0.591. The molecule has 1 saturated heterocycles. The molecule has 0 aromatic heterocycles. The number of benzene rings is 1. The van der Waals surface area contributed by atoms with Crippen molar-refractivity contribution in [2.75, 3.05) is 46.3 Å². The third-order valence-corrected chi connectivity index (χ3v) is 5.50. The number of allylic oxidation sites excluding steroid dienone is 1. The maximum atomic E-state index is 13.1. The minimum Gasteiger partial charge on any atom is -0.459 e. The van der Waals surface area contributed by atoms with Gasteiger partial charge in [-0.15, -0.1) is 0 Å². The first kappa shape index (κ1) is 21.0. The summed E-state index contributed by atoms with van der Waals surface area (Å²) in [6.45, 7) is 2.67. The number of likely N-dealkylation sites (tertiary alicyclic amines) is 1. The number of rotatable bonds is 8. The number of carbonyl (C=O) groups excluding carboxylic acids is 1. The van der Waals surface area contributed by atoms with Crippen LogP contribution in [0.15, 0.2) is 30.0 Å². The van der Waals surface area contributed by atoms with Crippen molar-refractivity contribution in [3.63, 3.8) is 0 Å². The minimum absolute atomic E-state index is 0.0245. The number of amides is 1. The number of carbonyl (C=O) groups is 1. The Balaban J connectivity index is 1.48. The monoisotopic (exact) mass is 419 g/mol. The maximum Gasteiger partial charge on any atom is 0.288 e. The number of ether oxygens (including phenoxy) is 5. The lowest BCUT2D eigenvalue weighted by Gasteiger charge is -2.33. The second-order valence-electron chi connectivity index (χ2n) is 7.59. The molecule has 1 aromatic rings. The Hall–Kier alpha value is -2.29. The Kier molecular flexibility index (Phi) is 7.09. The van der Waals surface area contributed by atoms with Crippen molar-refractivity contribution in [3.05, 3.63) is 35.6 Å². The Labute approximate surface area is 176 Å². The van der Waals surface area contributed by atoms with E-state index in [1.54, 1.807) is 0 Å². The molecular formula is C22H29NO7. The summed E-state index contributed by atoms with van der Waals surface area (Å²) in [6.07, 6.45) is 5.13. The van der Waals surface area contributed by atoms with E-state index in [0.29, 0.717) is 31.1 Å². The minimum atomic E-state index is -0.549. The molecule has 0 unspecified atom stereocenters. The highest BCUT2D eigenvalue weighted by atomic mass is 16.7. The highest BCUT2D eigenvalue weighted by molar-refractivity contribution is 5.91. The first-order chi connectivity index (χ1) is 14.7. The molecule has 3 heterocycles. The third-order valence-electron chi connectivity index (χ3n) is 5.50. The number of aliphatic hydroxyl groups is 1. The van der Waals surface area contributed by atoms with Crippen LogP contribution in [0.5, 0.6) is 11.5 Å². The van der Waals surface area contributed by atoms with Crippen LogP contribution < -0.4 is 9.47 Å². The summed E-state index contributed by atoms with van der Waals surface area (Å²) in [5.74, 6) is 1.66. The van der Waals surface area contributed by atoms with Gasteiger partial charge in [0.2, 0.25) is 13.1 Å². The predicted octanol–water partition coefficient (Wildman–Crippen LogP) is 2.17. The topological polar surface area (TPSA) is 86.7 Å². The van der Waals surface area contributed by atoms with Crippen LogP contribution >= 0.6 is 0 Å². The van der Waals surface area contributed by atoms with Gasteiger partial charge < -0.3 is 33.7 Å². The summed E-state index contributed by atoms with van der Waals surface area (Å²) < 4.78 is 28.0. The van der Waals surface area contributed by atoms with E-state index in [-0.39, 0.29) is 31.8 Å². The summed E-state index contributed by atoms with van der Waals surface area (Å²) in [5, 5.41) is 8.80. The van der Waals surface area contributed by atoms with E-state index in [1.165, 1.54) is 0 Å². The van der Waals surface area contributed by atoms with Gasteiger partial charge in [-0.3, -0.25) is 4.79 Å². The number of nitrogens with zero attached hydrogens (tertiary/aromatic N) is 1. The highest BCUT2D eigenvalue weighted by Gasteiger charge is 2.32. The molecule has 0 bridgehead atoms. The van der Waals surface area contributed by atoms with Crippen LogP contribution in [0.2, 0.25) is 0 Å². The van der Waals surface area contributed by atoms with E-state index in [1.807, 2.05) is 29.2 Å². The zero-order valence-electron chi connectivity index (χ0n) is 17.1. The molecule has 4 rings (SSSR count). The summed E-state index contributed by atoms with van der Waals surface area (Å²) in [7, 11) is 0. The molecule has 30 heavy (non-hydrogen) atoms. The molecule has 2 atom stereocenters. The van der Waals surface area contributed by atoms with E-state index in [9.17, 15) is 4.79 Å². The van der Waals surface area contributed by atoms with Crippen LogP contribution in [0.3, 0.4) is 0 Å². The van der Waals surface area contributed by atoms with Crippen LogP contribution in [-0.4, -0.2) is 68.5 Å². The van der Waals surface area contributed by atoms with E-state index >= 15 is 0 Å². The Bertz CT molecular complexity index is 760. The molecule has 3 aliphatic rings. The summed E-state index contributed by atoms with van der Waals surface area (Å²) in [6, 6.07) is 5.84. The van der Waals surface area contributed by atoms with Crippen LogP contribution in [0.25, 0.3) is 0 Å². The molecule has 8 heteroatoms. The van der Waals surface area contributed by atoms with Crippen molar-refractivity contribution >= 4 is 5.91 Å². The van der Waals surface area contributed by atoms with Gasteiger partial charge in [0.15, 0.2) is 17.3 Å². The normalized spacial score (nSPS) is 23.1. The van der Waals surface area contributed by atoms with E-state index in [4.69, 9.17) is 28.8 Å². The van der Waals surface area contributed by atoms with Gasteiger partial charge in [-0.1, -0.05) is 6.07 Å². The van der Waals surface area contributed by atoms with Crippen molar-refractivity contribution in [2.24, 2.45) is 0 Å². The molecule has 1 fully saturated rings. The quantitative estimate of drug-likeness (QED) is 0.646. The molecule has 1 aromatic carbocycles. The number of hydrogen-bond acceptors (Lipinski definition) is 7. The molecule has 0 aliphatic carbocycles. The fourth-order valence-corrected chi connectivity index (χ4v) is 3.94. The first-order valence-electron chi connectivity index (χ1n) is 10.6. The Morgan fingerprint density at radius 2 is 1.93 bits per heavy atom. The summed E-state index contributed by atoms with van der Waals surface area (Å²) in [5.41, 5.74) is 1.02. The molecule has 1 N–H and O–H groups in total. The summed E-state index contributed by atoms with van der Waals surface area (Å²) >= 11 is 0. The molecule has 3 aliphatic heterocycles. The lowest BCUT2D eigenvalue weighted by atomic mass is 9.92. The average Bonchev–Trinajstić information content (AvgIpc) is 3.27. The molecule has 0 saturated carbocycles. The van der Waals surface area contributed by atoms with Gasteiger partial charge >= 0.3 is 0 Å². The van der Waals surface area contributed by atoms with Crippen LogP contribution in [0.4, 0.5) is 0 Å². The average molecular weight is 419 g/mol. The fourth-order valence-electron chi connectivity index (χ4n) is 3.94. The lowest BCUT2D eigenvalue weighted by molar-refractivity contribution is -0.157.